The zero-order valence-electron chi connectivity index (χ0n) is 13.1. The van der Waals surface area contributed by atoms with Gasteiger partial charge in [-0.1, -0.05) is 35.9 Å². The molecule has 0 aliphatic carbocycles. The normalized spacial score (nSPS) is 14.6. The van der Waals surface area contributed by atoms with Gasteiger partial charge < -0.3 is 16.4 Å². The molecule has 2 aromatic rings. The average Bonchev–Trinajstić information content (AvgIpc) is 2.55. The van der Waals surface area contributed by atoms with Crippen LogP contribution in [0.5, 0.6) is 0 Å². The number of primary amides is 1. The third-order valence-corrected chi connectivity index (χ3v) is 4.32. The SMILES string of the molecule is C[C@@H](NC(N)=O)C1=C(c2ccc(F)c(Cl)c2)NCc2ccccc21. The van der Waals surface area contributed by atoms with Crippen LogP contribution in [0.4, 0.5) is 9.18 Å². The molecule has 0 aromatic heterocycles. The summed E-state index contributed by atoms with van der Waals surface area (Å²) in [5.41, 5.74) is 9.86. The Morgan fingerprint density at radius 3 is 2.79 bits per heavy atom. The molecular weight excluding hydrogens is 329 g/mol. The monoisotopic (exact) mass is 345 g/mol. The highest BCUT2D eigenvalue weighted by molar-refractivity contribution is 6.31. The fourth-order valence-electron chi connectivity index (χ4n) is 3.00. The molecule has 0 saturated heterocycles. The van der Waals surface area contributed by atoms with Gasteiger partial charge in [-0.15, -0.1) is 0 Å². The maximum absolute atomic E-state index is 13.5. The summed E-state index contributed by atoms with van der Waals surface area (Å²) in [6.45, 7) is 2.49. The van der Waals surface area contributed by atoms with Crippen LogP contribution in [-0.4, -0.2) is 12.1 Å². The van der Waals surface area contributed by atoms with E-state index in [1.807, 2.05) is 31.2 Å². The fourth-order valence-corrected chi connectivity index (χ4v) is 3.18. The number of urea groups is 1. The molecule has 0 spiro atoms. The van der Waals surface area contributed by atoms with Gasteiger partial charge in [-0.05, 0) is 41.8 Å². The van der Waals surface area contributed by atoms with E-state index in [0.717, 1.165) is 28.0 Å². The number of amides is 2. The number of fused-ring (bicyclic) bond motifs is 1. The Balaban J connectivity index is 2.18. The summed E-state index contributed by atoms with van der Waals surface area (Å²) < 4.78 is 13.5. The average molecular weight is 346 g/mol. The lowest BCUT2D eigenvalue weighted by molar-refractivity contribution is 0.248. The highest BCUT2D eigenvalue weighted by Crippen LogP contribution is 2.34. The Morgan fingerprint density at radius 2 is 2.08 bits per heavy atom. The van der Waals surface area contributed by atoms with Crippen molar-refractivity contribution in [2.75, 3.05) is 0 Å². The lowest BCUT2D eigenvalue weighted by Gasteiger charge is -2.29. The van der Waals surface area contributed by atoms with Crippen LogP contribution >= 0.6 is 11.6 Å². The third kappa shape index (κ3) is 3.08. The Kier molecular flexibility index (Phi) is 4.44. The number of benzene rings is 2. The van der Waals surface area contributed by atoms with Crippen LogP contribution in [0, 0.1) is 5.82 Å². The molecule has 1 aliphatic heterocycles. The van der Waals surface area contributed by atoms with Gasteiger partial charge in [-0.2, -0.15) is 0 Å². The van der Waals surface area contributed by atoms with Crippen LogP contribution in [-0.2, 0) is 6.54 Å². The first-order valence-corrected chi connectivity index (χ1v) is 7.93. The molecule has 2 aromatic carbocycles. The second kappa shape index (κ2) is 6.53. The van der Waals surface area contributed by atoms with E-state index in [1.54, 1.807) is 12.1 Å². The highest BCUT2D eigenvalue weighted by Gasteiger charge is 2.24. The Hall–Kier alpha value is -2.53. The maximum Gasteiger partial charge on any atom is 0.312 e. The minimum absolute atomic E-state index is 0.0514. The summed E-state index contributed by atoms with van der Waals surface area (Å²) in [7, 11) is 0. The van der Waals surface area contributed by atoms with Crippen LogP contribution in [0.2, 0.25) is 5.02 Å². The van der Waals surface area contributed by atoms with Crippen molar-refractivity contribution in [3.05, 3.63) is 70.0 Å². The quantitative estimate of drug-likeness (QED) is 0.797. The van der Waals surface area contributed by atoms with Crippen molar-refractivity contribution in [2.24, 2.45) is 5.73 Å². The standard InChI is InChI=1S/C18H17ClFN3O/c1-10(23-18(21)24)16-13-5-3-2-4-12(13)9-22-17(16)11-6-7-15(20)14(19)8-11/h2-8,10,22H,9H2,1H3,(H3,21,23,24)/t10-/m1/s1. The zero-order valence-corrected chi connectivity index (χ0v) is 13.8. The topological polar surface area (TPSA) is 67.1 Å². The molecule has 1 aliphatic rings. The van der Waals surface area contributed by atoms with Crippen molar-refractivity contribution in [3.8, 4) is 0 Å². The number of hydrogen-bond acceptors (Lipinski definition) is 2. The van der Waals surface area contributed by atoms with Gasteiger partial charge in [0.15, 0.2) is 0 Å². The summed E-state index contributed by atoms with van der Waals surface area (Å²) in [6, 6.07) is 11.6. The Morgan fingerprint density at radius 1 is 1.33 bits per heavy atom. The molecule has 0 fully saturated rings. The van der Waals surface area contributed by atoms with E-state index >= 15 is 0 Å². The third-order valence-electron chi connectivity index (χ3n) is 4.03. The fraction of sp³-hybridized carbons (Fsp3) is 0.167. The first-order valence-electron chi connectivity index (χ1n) is 7.55. The molecule has 0 bridgehead atoms. The lowest BCUT2D eigenvalue weighted by Crippen LogP contribution is -2.39. The maximum atomic E-state index is 13.5. The van der Waals surface area contributed by atoms with Gasteiger partial charge in [0.25, 0.3) is 0 Å². The van der Waals surface area contributed by atoms with E-state index in [9.17, 15) is 9.18 Å². The minimum atomic E-state index is -0.602. The second-order valence-electron chi connectivity index (χ2n) is 5.66. The summed E-state index contributed by atoms with van der Waals surface area (Å²) in [4.78, 5) is 11.3. The minimum Gasteiger partial charge on any atom is -0.380 e. The van der Waals surface area contributed by atoms with Crippen LogP contribution in [0.15, 0.2) is 42.5 Å². The summed E-state index contributed by atoms with van der Waals surface area (Å²) in [5, 5.41) is 6.11. The van der Waals surface area contributed by atoms with Crippen LogP contribution in [0.3, 0.4) is 0 Å². The van der Waals surface area contributed by atoms with Gasteiger partial charge in [-0.3, -0.25) is 0 Å². The molecule has 1 atom stereocenters. The first-order chi connectivity index (χ1) is 11.5. The molecule has 0 unspecified atom stereocenters. The molecule has 4 nitrogen and oxygen atoms in total. The molecule has 0 radical (unpaired) electrons. The molecule has 3 rings (SSSR count). The van der Waals surface area contributed by atoms with Crippen molar-refractivity contribution in [2.45, 2.75) is 19.5 Å². The van der Waals surface area contributed by atoms with Gasteiger partial charge in [0.1, 0.15) is 5.82 Å². The Bertz CT molecular complexity index is 835. The van der Waals surface area contributed by atoms with E-state index in [0.29, 0.717) is 6.54 Å². The molecule has 2 amide bonds. The smallest absolute Gasteiger partial charge is 0.312 e. The zero-order chi connectivity index (χ0) is 17.3. The Labute approximate surface area is 144 Å². The number of rotatable bonds is 3. The number of hydrogen-bond donors (Lipinski definition) is 3. The molecule has 6 heteroatoms. The molecule has 24 heavy (non-hydrogen) atoms. The van der Waals surface area contributed by atoms with Crippen molar-refractivity contribution in [1.82, 2.24) is 10.6 Å². The number of halogens is 2. The second-order valence-corrected chi connectivity index (χ2v) is 6.07. The molecule has 124 valence electrons. The molecule has 4 N–H and O–H groups in total. The van der Waals surface area contributed by atoms with E-state index in [-0.39, 0.29) is 11.1 Å². The lowest BCUT2D eigenvalue weighted by atomic mass is 9.88. The molecular formula is C18H17ClFN3O. The van der Waals surface area contributed by atoms with Crippen LogP contribution in [0.25, 0.3) is 11.3 Å². The predicted molar refractivity (Wildman–Crippen MR) is 93.7 cm³/mol. The van der Waals surface area contributed by atoms with Gasteiger partial charge >= 0.3 is 6.03 Å². The van der Waals surface area contributed by atoms with Crippen molar-refractivity contribution in [1.29, 1.82) is 0 Å². The van der Waals surface area contributed by atoms with Crippen molar-refractivity contribution < 1.29 is 9.18 Å². The summed E-state index contributed by atoms with van der Waals surface area (Å²) >= 11 is 5.93. The van der Waals surface area contributed by atoms with E-state index in [4.69, 9.17) is 17.3 Å². The number of carbonyl (C=O) groups is 1. The summed E-state index contributed by atoms with van der Waals surface area (Å²) in [5.74, 6) is -0.470. The summed E-state index contributed by atoms with van der Waals surface area (Å²) in [6.07, 6.45) is 0. The van der Waals surface area contributed by atoms with Crippen molar-refractivity contribution >= 4 is 28.9 Å². The van der Waals surface area contributed by atoms with Gasteiger partial charge in [0.05, 0.1) is 11.1 Å². The number of carbonyl (C=O) groups excluding carboxylic acids is 1. The van der Waals surface area contributed by atoms with Gasteiger partial charge in [-0.25, -0.2) is 9.18 Å². The van der Waals surface area contributed by atoms with Gasteiger partial charge in [0, 0.05) is 17.8 Å². The first kappa shape index (κ1) is 16.3. The highest BCUT2D eigenvalue weighted by atomic mass is 35.5. The largest absolute Gasteiger partial charge is 0.380 e. The van der Waals surface area contributed by atoms with E-state index in [2.05, 4.69) is 10.6 Å². The van der Waals surface area contributed by atoms with Gasteiger partial charge in [0.2, 0.25) is 0 Å². The van der Waals surface area contributed by atoms with E-state index < -0.39 is 11.8 Å². The molecule has 1 heterocycles. The molecule has 0 saturated carbocycles. The van der Waals surface area contributed by atoms with Crippen LogP contribution in [0.1, 0.15) is 23.6 Å². The van der Waals surface area contributed by atoms with Crippen molar-refractivity contribution in [3.63, 3.8) is 0 Å². The van der Waals surface area contributed by atoms with E-state index in [1.165, 1.54) is 6.07 Å². The number of nitrogens with two attached hydrogens (primary N) is 1. The predicted octanol–water partition coefficient (Wildman–Crippen LogP) is 3.51. The number of nitrogens with one attached hydrogen (secondary N) is 2. The van der Waals surface area contributed by atoms with Crippen LogP contribution < -0.4 is 16.4 Å².